The summed E-state index contributed by atoms with van der Waals surface area (Å²) in [7, 11) is 0. The van der Waals surface area contributed by atoms with Crippen LogP contribution in [0, 0.1) is 0 Å². The molecule has 0 bridgehead atoms. The fourth-order valence-corrected chi connectivity index (χ4v) is 2.86. The van der Waals surface area contributed by atoms with Crippen LogP contribution in [0.25, 0.3) is 0 Å². The van der Waals surface area contributed by atoms with E-state index in [1.165, 1.54) is 5.56 Å². The van der Waals surface area contributed by atoms with E-state index in [1.54, 1.807) is 0 Å². The Hall–Kier alpha value is -1.59. The number of nitrogens with one attached hydrogen (secondary N) is 2. The van der Waals surface area contributed by atoms with Gasteiger partial charge in [0.05, 0.1) is 0 Å². The third-order valence-electron chi connectivity index (χ3n) is 4.46. The largest absolute Gasteiger partial charge is 0.352 e. The smallest absolute Gasteiger partial charge is 0.251 e. The first-order valence-corrected chi connectivity index (χ1v) is 8.68. The van der Waals surface area contributed by atoms with Crippen LogP contribution < -0.4 is 10.6 Å². The molecule has 0 radical (unpaired) electrons. The lowest BCUT2D eigenvalue weighted by Gasteiger charge is -2.34. The van der Waals surface area contributed by atoms with Gasteiger partial charge < -0.3 is 15.5 Å². The molecule has 2 N–H and O–H groups in total. The molecule has 0 aliphatic carbocycles. The lowest BCUT2D eigenvalue weighted by molar-refractivity contribution is -0.133. The Labute approximate surface area is 157 Å². The normalized spacial score (nSPS) is 17.6. The highest BCUT2D eigenvalue weighted by Gasteiger charge is 2.22. The van der Waals surface area contributed by atoms with Gasteiger partial charge in [0.2, 0.25) is 5.91 Å². The number of hydrogen-bond donors (Lipinski definition) is 2. The molecular formula is C19H30ClN3O2. The van der Waals surface area contributed by atoms with Gasteiger partial charge in [-0.1, -0.05) is 32.9 Å². The molecule has 1 aromatic rings. The monoisotopic (exact) mass is 367 g/mol. The second kappa shape index (κ2) is 9.20. The molecule has 1 fully saturated rings. The molecule has 0 spiro atoms. The van der Waals surface area contributed by atoms with Crippen molar-refractivity contribution in [2.75, 3.05) is 26.2 Å². The molecule has 1 heterocycles. The molecular weight excluding hydrogens is 338 g/mol. The third-order valence-corrected chi connectivity index (χ3v) is 4.46. The van der Waals surface area contributed by atoms with E-state index in [9.17, 15) is 9.59 Å². The minimum absolute atomic E-state index is 0. The van der Waals surface area contributed by atoms with Crippen molar-refractivity contribution in [3.8, 4) is 0 Å². The van der Waals surface area contributed by atoms with Crippen LogP contribution in [0.2, 0.25) is 0 Å². The summed E-state index contributed by atoms with van der Waals surface area (Å²) in [6, 6.07) is 7.88. The standard InChI is InChI=1S/C19H29N3O2.ClH/c1-14-13-20-11-12-22(14)17(23)9-10-21-18(24)15-5-7-16(8-6-15)19(2,3)4;/h5-8,14,20H,9-13H2,1-4H3,(H,21,24);1H. The van der Waals surface area contributed by atoms with Crippen molar-refractivity contribution in [2.45, 2.75) is 45.6 Å². The summed E-state index contributed by atoms with van der Waals surface area (Å²) >= 11 is 0. The van der Waals surface area contributed by atoms with Gasteiger partial charge >= 0.3 is 0 Å². The van der Waals surface area contributed by atoms with Crippen LogP contribution in [0.4, 0.5) is 0 Å². The fourth-order valence-electron chi connectivity index (χ4n) is 2.86. The molecule has 0 aromatic heterocycles. The van der Waals surface area contributed by atoms with Crippen LogP contribution in [-0.4, -0.2) is 48.9 Å². The first-order chi connectivity index (χ1) is 11.3. The van der Waals surface area contributed by atoms with E-state index in [1.807, 2.05) is 36.1 Å². The van der Waals surface area contributed by atoms with Gasteiger partial charge in [-0.05, 0) is 30.0 Å². The molecule has 1 atom stereocenters. The van der Waals surface area contributed by atoms with Crippen LogP contribution >= 0.6 is 12.4 Å². The SMILES string of the molecule is CC1CNCCN1C(=O)CCNC(=O)c1ccc(C(C)(C)C)cc1.Cl. The van der Waals surface area contributed by atoms with Gasteiger partial charge in [-0.25, -0.2) is 0 Å². The quantitative estimate of drug-likeness (QED) is 0.858. The van der Waals surface area contributed by atoms with Gasteiger partial charge in [-0.3, -0.25) is 9.59 Å². The van der Waals surface area contributed by atoms with Crippen molar-refractivity contribution < 1.29 is 9.59 Å². The number of rotatable bonds is 4. The number of nitrogens with zero attached hydrogens (tertiary/aromatic N) is 1. The molecule has 1 aromatic carbocycles. The number of halogens is 1. The average Bonchev–Trinajstić information content (AvgIpc) is 2.54. The van der Waals surface area contributed by atoms with Crippen LogP contribution in [0.3, 0.4) is 0 Å². The van der Waals surface area contributed by atoms with E-state index in [-0.39, 0.29) is 35.7 Å². The molecule has 6 heteroatoms. The third kappa shape index (κ3) is 6.01. The maximum atomic E-state index is 12.2. The molecule has 0 saturated carbocycles. The zero-order valence-corrected chi connectivity index (χ0v) is 16.4. The number of amides is 2. The molecule has 1 aliphatic rings. The maximum Gasteiger partial charge on any atom is 0.251 e. The summed E-state index contributed by atoms with van der Waals surface area (Å²) in [6.45, 7) is 11.2. The summed E-state index contributed by atoms with van der Waals surface area (Å²) in [5.41, 5.74) is 1.90. The highest BCUT2D eigenvalue weighted by atomic mass is 35.5. The van der Waals surface area contributed by atoms with Gasteiger partial charge in [0, 0.05) is 44.2 Å². The van der Waals surface area contributed by atoms with E-state index in [0.29, 0.717) is 18.5 Å². The number of carbonyl (C=O) groups excluding carboxylic acids is 2. The van der Waals surface area contributed by atoms with Gasteiger partial charge in [0.1, 0.15) is 0 Å². The van der Waals surface area contributed by atoms with Crippen LogP contribution in [0.15, 0.2) is 24.3 Å². The zero-order valence-electron chi connectivity index (χ0n) is 15.6. The zero-order chi connectivity index (χ0) is 17.7. The Balaban J connectivity index is 0.00000312. The molecule has 25 heavy (non-hydrogen) atoms. The highest BCUT2D eigenvalue weighted by molar-refractivity contribution is 5.94. The van der Waals surface area contributed by atoms with E-state index >= 15 is 0 Å². The van der Waals surface area contributed by atoms with Gasteiger partial charge in [0.15, 0.2) is 0 Å². The number of benzene rings is 1. The number of carbonyl (C=O) groups is 2. The Kier molecular flexibility index (Phi) is 7.90. The van der Waals surface area contributed by atoms with Crippen molar-refractivity contribution in [1.29, 1.82) is 0 Å². The van der Waals surface area contributed by atoms with Crippen LogP contribution in [0.1, 0.15) is 50.0 Å². The Morgan fingerprint density at radius 3 is 2.44 bits per heavy atom. The predicted octanol–water partition coefficient (Wildman–Crippen LogP) is 2.35. The molecule has 140 valence electrons. The summed E-state index contributed by atoms with van der Waals surface area (Å²) in [5.74, 6) is -0.0241. The topological polar surface area (TPSA) is 61.4 Å². The minimum Gasteiger partial charge on any atom is -0.352 e. The maximum absolute atomic E-state index is 12.2. The van der Waals surface area contributed by atoms with Crippen LogP contribution in [-0.2, 0) is 10.2 Å². The van der Waals surface area contributed by atoms with E-state index in [0.717, 1.165) is 19.6 Å². The van der Waals surface area contributed by atoms with Crippen molar-refractivity contribution in [1.82, 2.24) is 15.5 Å². The van der Waals surface area contributed by atoms with Gasteiger partial charge in [-0.2, -0.15) is 0 Å². The van der Waals surface area contributed by atoms with E-state index < -0.39 is 0 Å². The Morgan fingerprint density at radius 2 is 1.88 bits per heavy atom. The number of piperazine rings is 1. The number of hydrogen-bond acceptors (Lipinski definition) is 3. The predicted molar refractivity (Wildman–Crippen MR) is 103 cm³/mol. The van der Waals surface area contributed by atoms with Crippen molar-refractivity contribution in [3.63, 3.8) is 0 Å². The summed E-state index contributed by atoms with van der Waals surface area (Å²) in [4.78, 5) is 26.3. The summed E-state index contributed by atoms with van der Waals surface area (Å²) in [5, 5.41) is 6.11. The van der Waals surface area contributed by atoms with Gasteiger partial charge in [-0.15, -0.1) is 12.4 Å². The Morgan fingerprint density at radius 1 is 1.24 bits per heavy atom. The highest BCUT2D eigenvalue weighted by Crippen LogP contribution is 2.22. The average molecular weight is 368 g/mol. The summed E-state index contributed by atoms with van der Waals surface area (Å²) in [6.07, 6.45) is 0.343. The molecule has 2 rings (SSSR count). The molecule has 1 saturated heterocycles. The molecule has 1 unspecified atom stereocenters. The lowest BCUT2D eigenvalue weighted by atomic mass is 9.87. The van der Waals surface area contributed by atoms with Crippen molar-refractivity contribution in [2.24, 2.45) is 0 Å². The molecule has 2 amide bonds. The lowest BCUT2D eigenvalue weighted by Crippen LogP contribution is -2.52. The molecule has 1 aliphatic heterocycles. The van der Waals surface area contributed by atoms with Crippen molar-refractivity contribution >= 4 is 24.2 Å². The van der Waals surface area contributed by atoms with E-state index in [4.69, 9.17) is 0 Å². The molecule has 5 nitrogen and oxygen atoms in total. The fraction of sp³-hybridized carbons (Fsp3) is 0.579. The minimum atomic E-state index is -0.128. The summed E-state index contributed by atoms with van der Waals surface area (Å²) < 4.78 is 0. The van der Waals surface area contributed by atoms with E-state index in [2.05, 4.69) is 31.4 Å². The van der Waals surface area contributed by atoms with Crippen molar-refractivity contribution in [3.05, 3.63) is 35.4 Å². The second-order valence-corrected chi connectivity index (χ2v) is 7.47. The van der Waals surface area contributed by atoms with Gasteiger partial charge in [0.25, 0.3) is 5.91 Å². The first kappa shape index (κ1) is 21.5. The Bertz CT molecular complexity index is 581. The first-order valence-electron chi connectivity index (χ1n) is 8.68. The van der Waals surface area contributed by atoms with Crippen LogP contribution in [0.5, 0.6) is 0 Å². The second-order valence-electron chi connectivity index (χ2n) is 7.47.